The van der Waals surface area contributed by atoms with Gasteiger partial charge in [0.1, 0.15) is 11.3 Å². The van der Waals surface area contributed by atoms with Crippen LogP contribution in [0.4, 0.5) is 0 Å². The molecule has 0 aliphatic heterocycles. The zero-order valence-corrected chi connectivity index (χ0v) is 16.5. The number of carbonyl (C=O) groups is 1. The number of aryl methyl sites for hydroxylation is 2. The summed E-state index contributed by atoms with van der Waals surface area (Å²) in [4.78, 5) is 24.8. The maximum absolute atomic E-state index is 12.5. The van der Waals surface area contributed by atoms with Gasteiger partial charge in [-0.1, -0.05) is 18.0 Å². The average Bonchev–Trinajstić information content (AvgIpc) is 2.95. The predicted octanol–water partition coefficient (Wildman–Crippen LogP) is 5.29. The lowest BCUT2D eigenvalue weighted by Crippen LogP contribution is -2.13. The first-order valence-corrected chi connectivity index (χ1v) is 9.92. The monoisotopic (exact) mass is 396 g/mol. The van der Waals surface area contributed by atoms with Crippen molar-refractivity contribution in [2.24, 2.45) is 0 Å². The van der Waals surface area contributed by atoms with Crippen molar-refractivity contribution in [2.75, 3.05) is 6.61 Å². The molecule has 0 N–H and O–H groups in total. The van der Waals surface area contributed by atoms with E-state index in [2.05, 4.69) is 0 Å². The van der Waals surface area contributed by atoms with Crippen LogP contribution in [0.5, 0.6) is 5.75 Å². The summed E-state index contributed by atoms with van der Waals surface area (Å²) in [5.41, 5.74) is 3.51. The summed E-state index contributed by atoms with van der Waals surface area (Å²) in [6.45, 7) is 1.76. The van der Waals surface area contributed by atoms with E-state index in [1.807, 2.05) is 19.1 Å². The third-order valence-corrected chi connectivity index (χ3v) is 5.62. The number of benzene rings is 2. The molecule has 0 saturated heterocycles. The predicted molar refractivity (Wildman–Crippen MR) is 110 cm³/mol. The van der Waals surface area contributed by atoms with E-state index < -0.39 is 0 Å². The van der Waals surface area contributed by atoms with E-state index in [0.717, 1.165) is 54.2 Å². The van der Waals surface area contributed by atoms with Gasteiger partial charge in [0, 0.05) is 27.1 Å². The van der Waals surface area contributed by atoms with Gasteiger partial charge in [-0.2, -0.15) is 0 Å². The van der Waals surface area contributed by atoms with Crippen LogP contribution in [0.25, 0.3) is 11.0 Å². The molecule has 3 aromatic rings. The lowest BCUT2D eigenvalue weighted by molar-refractivity contribution is 0.0921. The summed E-state index contributed by atoms with van der Waals surface area (Å²) in [5, 5.41) is 1.56. The van der Waals surface area contributed by atoms with Gasteiger partial charge in [0.2, 0.25) is 0 Å². The molecule has 0 saturated carbocycles. The normalized spacial score (nSPS) is 13.8. The van der Waals surface area contributed by atoms with Gasteiger partial charge in [0.25, 0.3) is 0 Å². The van der Waals surface area contributed by atoms with E-state index in [1.54, 1.807) is 24.3 Å². The van der Waals surface area contributed by atoms with Crippen LogP contribution < -0.4 is 10.4 Å². The molecule has 1 aliphatic rings. The molecule has 0 unspecified atom stereocenters. The Hall–Kier alpha value is -2.59. The second kappa shape index (κ2) is 7.80. The van der Waals surface area contributed by atoms with Crippen LogP contribution >= 0.6 is 11.6 Å². The largest absolute Gasteiger partial charge is 0.485 e. The van der Waals surface area contributed by atoms with Crippen LogP contribution in [0.15, 0.2) is 45.6 Å². The summed E-state index contributed by atoms with van der Waals surface area (Å²) in [5.74, 6) is 0.408. The van der Waals surface area contributed by atoms with Gasteiger partial charge in [-0.3, -0.25) is 4.79 Å². The molecule has 1 heterocycles. The van der Waals surface area contributed by atoms with E-state index in [9.17, 15) is 9.59 Å². The molecule has 4 rings (SSSR count). The Labute approximate surface area is 168 Å². The van der Waals surface area contributed by atoms with Crippen LogP contribution in [-0.2, 0) is 12.8 Å². The van der Waals surface area contributed by atoms with Crippen molar-refractivity contribution < 1.29 is 13.9 Å². The van der Waals surface area contributed by atoms with Gasteiger partial charge in [-0.15, -0.1) is 0 Å². The standard InChI is InChI=1S/C23H21ClO4/c1-14-21(27-13-20(25)15-7-9-16(24)10-8-15)12-11-18-17-5-3-2-4-6-19(17)23(26)28-22(14)18/h7-12H,2-6,13H2,1H3. The van der Waals surface area contributed by atoms with Crippen molar-refractivity contribution in [3.8, 4) is 5.75 Å². The SMILES string of the molecule is Cc1c(OCC(=O)c2ccc(Cl)cc2)ccc2c3c(c(=O)oc12)CCCCC3. The highest BCUT2D eigenvalue weighted by Crippen LogP contribution is 2.32. The average molecular weight is 397 g/mol. The van der Waals surface area contributed by atoms with E-state index in [-0.39, 0.29) is 18.0 Å². The second-order valence-corrected chi connectivity index (χ2v) is 7.63. The van der Waals surface area contributed by atoms with Gasteiger partial charge in [-0.25, -0.2) is 4.79 Å². The lowest BCUT2D eigenvalue weighted by Gasteiger charge is -2.13. The van der Waals surface area contributed by atoms with Gasteiger partial charge >= 0.3 is 5.63 Å². The Bertz CT molecular complexity index is 1100. The molecular formula is C23H21ClO4. The zero-order chi connectivity index (χ0) is 19.7. The fourth-order valence-corrected chi connectivity index (χ4v) is 3.95. The maximum Gasteiger partial charge on any atom is 0.339 e. The van der Waals surface area contributed by atoms with Gasteiger partial charge < -0.3 is 9.15 Å². The number of halogens is 1. The van der Waals surface area contributed by atoms with Crippen molar-refractivity contribution >= 4 is 28.4 Å². The molecule has 1 aliphatic carbocycles. The molecule has 0 amide bonds. The van der Waals surface area contributed by atoms with Crippen LogP contribution in [-0.4, -0.2) is 12.4 Å². The maximum atomic E-state index is 12.5. The van der Waals surface area contributed by atoms with Crippen LogP contribution in [0.3, 0.4) is 0 Å². The molecular weight excluding hydrogens is 376 g/mol. The van der Waals surface area contributed by atoms with Crippen molar-refractivity contribution in [1.29, 1.82) is 0 Å². The molecule has 0 fully saturated rings. The highest BCUT2D eigenvalue weighted by molar-refractivity contribution is 6.30. The second-order valence-electron chi connectivity index (χ2n) is 7.19. The molecule has 2 aromatic carbocycles. The van der Waals surface area contributed by atoms with Gasteiger partial charge in [0.05, 0.1) is 0 Å². The fourth-order valence-electron chi connectivity index (χ4n) is 3.82. The third-order valence-electron chi connectivity index (χ3n) is 5.37. The highest BCUT2D eigenvalue weighted by Gasteiger charge is 2.19. The van der Waals surface area contributed by atoms with Gasteiger partial charge in [0.15, 0.2) is 12.4 Å². The van der Waals surface area contributed by atoms with E-state index in [1.165, 1.54) is 0 Å². The topological polar surface area (TPSA) is 56.5 Å². The number of Topliss-reactive ketones (excluding diaryl/α,β-unsaturated/α-hetero) is 1. The van der Waals surface area contributed by atoms with Crippen molar-refractivity contribution in [3.63, 3.8) is 0 Å². The minimum Gasteiger partial charge on any atom is -0.485 e. The van der Waals surface area contributed by atoms with Crippen LogP contribution in [0.2, 0.25) is 5.02 Å². The summed E-state index contributed by atoms with van der Waals surface area (Å²) in [6.07, 6.45) is 4.91. The summed E-state index contributed by atoms with van der Waals surface area (Å²) in [7, 11) is 0. The molecule has 0 spiro atoms. The first-order valence-electron chi connectivity index (χ1n) is 9.54. The lowest BCUT2D eigenvalue weighted by atomic mass is 9.98. The van der Waals surface area contributed by atoms with Crippen molar-refractivity contribution in [2.45, 2.75) is 39.0 Å². The summed E-state index contributed by atoms with van der Waals surface area (Å²) < 4.78 is 11.4. The molecule has 0 atom stereocenters. The van der Waals surface area contributed by atoms with Gasteiger partial charge in [-0.05, 0) is 74.6 Å². The first-order chi connectivity index (χ1) is 13.5. The molecule has 0 bridgehead atoms. The number of rotatable bonds is 4. The number of hydrogen-bond acceptors (Lipinski definition) is 4. The quantitative estimate of drug-likeness (QED) is 0.342. The number of fused-ring (bicyclic) bond motifs is 3. The minimum absolute atomic E-state index is 0.0941. The zero-order valence-electron chi connectivity index (χ0n) is 15.7. The number of ketones is 1. The van der Waals surface area contributed by atoms with E-state index >= 15 is 0 Å². The third kappa shape index (κ3) is 3.57. The Balaban J connectivity index is 1.64. The molecule has 5 heteroatoms. The first kappa shape index (κ1) is 18.8. The Morgan fingerprint density at radius 2 is 1.75 bits per heavy atom. The molecule has 1 aromatic heterocycles. The Kier molecular flexibility index (Phi) is 5.23. The highest BCUT2D eigenvalue weighted by atomic mass is 35.5. The Morgan fingerprint density at radius 3 is 2.50 bits per heavy atom. The van der Waals surface area contributed by atoms with Crippen LogP contribution in [0, 0.1) is 6.92 Å². The smallest absolute Gasteiger partial charge is 0.339 e. The van der Waals surface area contributed by atoms with E-state index in [0.29, 0.717) is 21.9 Å². The van der Waals surface area contributed by atoms with Crippen LogP contribution in [0.1, 0.15) is 46.3 Å². The van der Waals surface area contributed by atoms with E-state index in [4.69, 9.17) is 20.8 Å². The number of ether oxygens (including phenoxy) is 1. The fraction of sp³-hybridized carbons (Fsp3) is 0.304. The Morgan fingerprint density at radius 1 is 1.04 bits per heavy atom. The van der Waals surface area contributed by atoms with Crippen molar-refractivity contribution in [1.82, 2.24) is 0 Å². The number of carbonyl (C=O) groups excluding carboxylic acids is 1. The van der Waals surface area contributed by atoms with Crippen molar-refractivity contribution in [3.05, 3.63) is 74.1 Å². The minimum atomic E-state index is -0.248. The summed E-state index contributed by atoms with van der Waals surface area (Å²) >= 11 is 5.86. The molecule has 28 heavy (non-hydrogen) atoms. The molecule has 4 nitrogen and oxygen atoms in total. The number of hydrogen-bond donors (Lipinski definition) is 0. The molecule has 0 radical (unpaired) electrons. The molecule has 144 valence electrons. The summed E-state index contributed by atoms with van der Waals surface area (Å²) in [6, 6.07) is 10.5.